The number of rotatable bonds is 1. The van der Waals surface area contributed by atoms with Crippen LogP contribution < -0.4 is 5.73 Å². The van der Waals surface area contributed by atoms with E-state index in [0.29, 0.717) is 11.6 Å². The quantitative estimate of drug-likeness (QED) is 0.879. The Labute approximate surface area is 115 Å². The SMILES string of the molecule is Cc1c(N)nc(C(C)(C)C)nc1-n1cc(Br)cn1. The average molecular weight is 310 g/mol. The summed E-state index contributed by atoms with van der Waals surface area (Å²) in [6.45, 7) is 8.06. The summed E-state index contributed by atoms with van der Waals surface area (Å²) in [6, 6.07) is 0. The van der Waals surface area contributed by atoms with Crippen molar-refractivity contribution in [1.29, 1.82) is 0 Å². The summed E-state index contributed by atoms with van der Waals surface area (Å²) in [5, 5.41) is 4.24. The molecule has 0 saturated carbocycles. The summed E-state index contributed by atoms with van der Waals surface area (Å²) >= 11 is 3.37. The topological polar surface area (TPSA) is 69.6 Å². The standard InChI is InChI=1S/C12H16BrN5/c1-7-9(14)16-11(12(2,3)4)17-10(7)18-6-8(13)5-15-18/h5-6H,1-4H3,(H2,14,16,17). The Morgan fingerprint density at radius 3 is 2.44 bits per heavy atom. The summed E-state index contributed by atoms with van der Waals surface area (Å²) in [6.07, 6.45) is 3.57. The van der Waals surface area contributed by atoms with Gasteiger partial charge in [0.25, 0.3) is 0 Å². The summed E-state index contributed by atoms with van der Waals surface area (Å²) in [7, 11) is 0. The number of hydrogen-bond acceptors (Lipinski definition) is 4. The third kappa shape index (κ3) is 2.38. The molecule has 0 aliphatic rings. The van der Waals surface area contributed by atoms with E-state index in [0.717, 1.165) is 15.9 Å². The van der Waals surface area contributed by atoms with Gasteiger partial charge in [-0.15, -0.1) is 0 Å². The van der Waals surface area contributed by atoms with E-state index in [-0.39, 0.29) is 5.41 Å². The van der Waals surface area contributed by atoms with E-state index < -0.39 is 0 Å². The van der Waals surface area contributed by atoms with Crippen LogP contribution >= 0.6 is 15.9 Å². The summed E-state index contributed by atoms with van der Waals surface area (Å²) in [4.78, 5) is 8.93. The highest BCUT2D eigenvalue weighted by atomic mass is 79.9. The third-order valence-corrected chi connectivity index (χ3v) is 3.01. The normalized spacial score (nSPS) is 11.8. The molecule has 2 aromatic rings. The van der Waals surface area contributed by atoms with E-state index in [1.807, 2.05) is 13.1 Å². The van der Waals surface area contributed by atoms with E-state index in [2.05, 4.69) is 51.8 Å². The summed E-state index contributed by atoms with van der Waals surface area (Å²) < 4.78 is 2.60. The Balaban J connectivity index is 2.63. The number of halogens is 1. The van der Waals surface area contributed by atoms with Crippen molar-refractivity contribution < 1.29 is 0 Å². The Hall–Kier alpha value is -1.43. The van der Waals surface area contributed by atoms with Gasteiger partial charge in [-0.3, -0.25) is 0 Å². The van der Waals surface area contributed by atoms with Gasteiger partial charge >= 0.3 is 0 Å². The van der Waals surface area contributed by atoms with Crippen molar-refractivity contribution in [3.8, 4) is 5.82 Å². The molecule has 5 nitrogen and oxygen atoms in total. The lowest BCUT2D eigenvalue weighted by atomic mass is 9.95. The second-order valence-electron chi connectivity index (χ2n) is 5.23. The highest BCUT2D eigenvalue weighted by Crippen LogP contribution is 2.24. The number of hydrogen-bond donors (Lipinski definition) is 1. The Morgan fingerprint density at radius 2 is 1.94 bits per heavy atom. The van der Waals surface area contributed by atoms with Gasteiger partial charge in [0.2, 0.25) is 0 Å². The molecule has 0 aliphatic carbocycles. The molecule has 0 spiro atoms. The van der Waals surface area contributed by atoms with Crippen LogP contribution in [0.25, 0.3) is 5.82 Å². The van der Waals surface area contributed by atoms with Crippen molar-refractivity contribution in [3.05, 3.63) is 28.3 Å². The predicted octanol–water partition coefficient (Wildman–Crippen LogP) is 2.61. The summed E-state index contributed by atoms with van der Waals surface area (Å²) in [5.74, 6) is 1.93. The molecule has 2 aromatic heterocycles. The molecule has 0 fully saturated rings. The molecule has 0 saturated heterocycles. The van der Waals surface area contributed by atoms with E-state index in [1.165, 1.54) is 0 Å². The molecule has 2 N–H and O–H groups in total. The molecule has 0 aliphatic heterocycles. The van der Waals surface area contributed by atoms with E-state index in [9.17, 15) is 0 Å². The van der Waals surface area contributed by atoms with Crippen LogP contribution in [-0.4, -0.2) is 19.7 Å². The molecular formula is C12H16BrN5. The van der Waals surface area contributed by atoms with Gasteiger partial charge in [0.1, 0.15) is 11.6 Å². The lowest BCUT2D eigenvalue weighted by molar-refractivity contribution is 0.542. The zero-order chi connectivity index (χ0) is 13.5. The van der Waals surface area contributed by atoms with Crippen LogP contribution in [0.4, 0.5) is 5.82 Å². The average Bonchev–Trinajstić information content (AvgIpc) is 2.67. The molecule has 6 heteroatoms. The number of nitrogen functional groups attached to an aromatic ring is 1. The van der Waals surface area contributed by atoms with E-state index in [4.69, 9.17) is 5.73 Å². The second-order valence-corrected chi connectivity index (χ2v) is 6.15. The van der Waals surface area contributed by atoms with Gasteiger partial charge < -0.3 is 5.73 Å². The number of anilines is 1. The van der Waals surface area contributed by atoms with Gasteiger partial charge in [0.15, 0.2) is 5.82 Å². The first-order chi connectivity index (χ1) is 8.29. The Bertz CT molecular complexity index is 583. The number of aromatic nitrogens is 4. The maximum absolute atomic E-state index is 5.96. The highest BCUT2D eigenvalue weighted by molar-refractivity contribution is 9.10. The molecule has 0 bridgehead atoms. The second kappa shape index (κ2) is 4.35. The summed E-state index contributed by atoms with van der Waals surface area (Å²) in [5.41, 5.74) is 6.64. The molecule has 0 radical (unpaired) electrons. The fraction of sp³-hybridized carbons (Fsp3) is 0.417. The van der Waals surface area contributed by atoms with Crippen molar-refractivity contribution >= 4 is 21.7 Å². The van der Waals surface area contributed by atoms with Gasteiger partial charge in [-0.25, -0.2) is 14.6 Å². The molecule has 0 amide bonds. The van der Waals surface area contributed by atoms with Crippen molar-refractivity contribution in [1.82, 2.24) is 19.7 Å². The minimum atomic E-state index is -0.152. The smallest absolute Gasteiger partial charge is 0.162 e. The fourth-order valence-corrected chi connectivity index (χ4v) is 1.78. The zero-order valence-corrected chi connectivity index (χ0v) is 12.5. The van der Waals surface area contributed by atoms with E-state index >= 15 is 0 Å². The minimum Gasteiger partial charge on any atom is -0.383 e. The van der Waals surface area contributed by atoms with Crippen LogP contribution in [0.15, 0.2) is 16.9 Å². The molecule has 18 heavy (non-hydrogen) atoms. The maximum atomic E-state index is 5.96. The van der Waals surface area contributed by atoms with Crippen LogP contribution in [0.2, 0.25) is 0 Å². The molecule has 2 heterocycles. The van der Waals surface area contributed by atoms with E-state index in [1.54, 1.807) is 10.9 Å². The molecular weight excluding hydrogens is 294 g/mol. The van der Waals surface area contributed by atoms with Gasteiger partial charge in [0.05, 0.1) is 10.7 Å². The first-order valence-electron chi connectivity index (χ1n) is 5.64. The lowest BCUT2D eigenvalue weighted by Crippen LogP contribution is -2.20. The van der Waals surface area contributed by atoms with Gasteiger partial charge in [0, 0.05) is 17.2 Å². The zero-order valence-electron chi connectivity index (χ0n) is 10.9. The molecule has 0 aromatic carbocycles. The van der Waals surface area contributed by atoms with Crippen molar-refractivity contribution in [2.24, 2.45) is 0 Å². The number of nitrogens with two attached hydrogens (primary N) is 1. The van der Waals surface area contributed by atoms with Crippen LogP contribution in [-0.2, 0) is 5.41 Å². The fourth-order valence-electron chi connectivity index (χ4n) is 1.50. The van der Waals surface area contributed by atoms with Crippen molar-refractivity contribution in [2.45, 2.75) is 33.1 Å². The Kier molecular flexibility index (Phi) is 3.14. The number of nitrogens with zero attached hydrogens (tertiary/aromatic N) is 4. The van der Waals surface area contributed by atoms with Crippen molar-refractivity contribution in [3.63, 3.8) is 0 Å². The van der Waals surface area contributed by atoms with Crippen molar-refractivity contribution in [2.75, 3.05) is 5.73 Å². The van der Waals surface area contributed by atoms with Gasteiger partial charge in [-0.05, 0) is 22.9 Å². The molecule has 0 atom stereocenters. The lowest BCUT2D eigenvalue weighted by Gasteiger charge is -2.19. The first kappa shape index (κ1) is 13.0. The van der Waals surface area contributed by atoms with Crippen LogP contribution in [0.1, 0.15) is 32.2 Å². The van der Waals surface area contributed by atoms with Gasteiger partial charge in [-0.2, -0.15) is 5.10 Å². The highest BCUT2D eigenvalue weighted by Gasteiger charge is 2.21. The minimum absolute atomic E-state index is 0.152. The van der Waals surface area contributed by atoms with Crippen LogP contribution in [0, 0.1) is 6.92 Å². The molecule has 2 rings (SSSR count). The Morgan fingerprint density at radius 1 is 1.28 bits per heavy atom. The largest absolute Gasteiger partial charge is 0.383 e. The monoisotopic (exact) mass is 309 g/mol. The predicted molar refractivity (Wildman–Crippen MR) is 74.7 cm³/mol. The molecule has 96 valence electrons. The first-order valence-corrected chi connectivity index (χ1v) is 6.43. The van der Waals surface area contributed by atoms with Gasteiger partial charge in [-0.1, -0.05) is 20.8 Å². The van der Waals surface area contributed by atoms with Crippen LogP contribution in [0.5, 0.6) is 0 Å². The maximum Gasteiger partial charge on any atom is 0.162 e. The molecule has 0 unspecified atom stereocenters. The van der Waals surface area contributed by atoms with Crippen LogP contribution in [0.3, 0.4) is 0 Å². The third-order valence-electron chi connectivity index (χ3n) is 2.60.